The summed E-state index contributed by atoms with van der Waals surface area (Å²) in [6, 6.07) is 11.3. The summed E-state index contributed by atoms with van der Waals surface area (Å²) in [7, 11) is -5.12. The summed E-state index contributed by atoms with van der Waals surface area (Å²) in [5.74, 6) is -0.926. The number of halogens is 4. The maximum atomic E-state index is 13.0. The molecule has 3 rings (SSSR count). The SMILES string of the molecule is O=S(=O)(O)C(c1ccc(Cl)cc1)(c1cc(O)ccc1Cl)c1c(O)cc(Cl)cc1Cl. The van der Waals surface area contributed by atoms with Crippen LogP contribution in [-0.2, 0) is 14.9 Å². The number of phenolic OH excluding ortho intramolecular Hbond substituents is 2. The lowest BCUT2D eigenvalue weighted by Crippen LogP contribution is -2.39. The van der Waals surface area contributed by atoms with Crippen LogP contribution in [0, 0.1) is 0 Å². The molecule has 0 spiro atoms. The Morgan fingerprint density at radius 2 is 1.38 bits per heavy atom. The Morgan fingerprint density at radius 3 is 1.93 bits per heavy atom. The topological polar surface area (TPSA) is 94.8 Å². The van der Waals surface area contributed by atoms with E-state index in [0.717, 1.165) is 12.1 Å². The molecule has 1 atom stereocenters. The van der Waals surface area contributed by atoms with Crippen molar-refractivity contribution in [1.82, 2.24) is 0 Å². The standard InChI is InChI=1S/C19H12Cl4O5S/c20-11-3-1-10(2-4-11)19(29(26,27)28,14-9-13(24)5-6-15(14)22)18-16(23)7-12(21)8-17(18)25/h1-9,24-25H,(H,26,27,28). The number of rotatable bonds is 4. The summed E-state index contributed by atoms with van der Waals surface area (Å²) >= 11 is 24.4. The third kappa shape index (κ3) is 3.77. The van der Waals surface area contributed by atoms with Crippen molar-refractivity contribution >= 4 is 56.5 Å². The van der Waals surface area contributed by atoms with Crippen molar-refractivity contribution in [3.8, 4) is 11.5 Å². The minimum absolute atomic E-state index is 0.0311. The van der Waals surface area contributed by atoms with Crippen molar-refractivity contribution in [2.75, 3.05) is 0 Å². The van der Waals surface area contributed by atoms with Crippen LogP contribution in [0.5, 0.6) is 11.5 Å². The summed E-state index contributed by atoms with van der Waals surface area (Å²) < 4.78 is 33.9. The predicted octanol–water partition coefficient (Wildman–Crippen LogP) is 5.89. The summed E-state index contributed by atoms with van der Waals surface area (Å²) in [5, 5.41) is 20.6. The van der Waals surface area contributed by atoms with Crippen LogP contribution >= 0.6 is 46.4 Å². The van der Waals surface area contributed by atoms with Crippen molar-refractivity contribution in [1.29, 1.82) is 0 Å². The van der Waals surface area contributed by atoms with Gasteiger partial charge in [-0.3, -0.25) is 4.55 Å². The molecule has 152 valence electrons. The van der Waals surface area contributed by atoms with Gasteiger partial charge in [-0.25, -0.2) is 0 Å². The summed E-state index contributed by atoms with van der Waals surface area (Å²) in [5.41, 5.74) is -0.652. The van der Waals surface area contributed by atoms with Crippen LogP contribution in [0.1, 0.15) is 16.7 Å². The van der Waals surface area contributed by atoms with Crippen molar-refractivity contribution in [2.24, 2.45) is 0 Å². The van der Waals surface area contributed by atoms with Gasteiger partial charge in [0.2, 0.25) is 0 Å². The van der Waals surface area contributed by atoms with Crippen molar-refractivity contribution in [3.63, 3.8) is 0 Å². The lowest BCUT2D eigenvalue weighted by Gasteiger charge is -2.34. The van der Waals surface area contributed by atoms with Crippen molar-refractivity contribution in [2.45, 2.75) is 4.75 Å². The third-order valence-corrected chi connectivity index (χ3v) is 6.88. The van der Waals surface area contributed by atoms with E-state index in [4.69, 9.17) is 46.4 Å². The zero-order valence-corrected chi connectivity index (χ0v) is 18.1. The van der Waals surface area contributed by atoms with Gasteiger partial charge in [0, 0.05) is 26.2 Å². The molecule has 0 heterocycles. The molecule has 10 heteroatoms. The maximum absolute atomic E-state index is 13.0. The molecule has 0 aromatic heterocycles. The summed E-state index contributed by atoms with van der Waals surface area (Å²) in [6.45, 7) is 0. The molecule has 3 aromatic carbocycles. The van der Waals surface area contributed by atoms with E-state index in [-0.39, 0.29) is 37.5 Å². The fourth-order valence-corrected chi connectivity index (χ4v) is 5.70. The van der Waals surface area contributed by atoms with Crippen molar-refractivity contribution in [3.05, 3.63) is 91.4 Å². The zero-order chi connectivity index (χ0) is 21.6. The van der Waals surface area contributed by atoms with Gasteiger partial charge in [-0.2, -0.15) is 8.42 Å². The third-order valence-electron chi connectivity index (χ3n) is 4.35. The molecule has 29 heavy (non-hydrogen) atoms. The molecule has 5 nitrogen and oxygen atoms in total. The molecule has 0 amide bonds. The molecule has 0 bridgehead atoms. The Balaban J connectivity index is 2.63. The highest BCUT2D eigenvalue weighted by Gasteiger charge is 2.52. The van der Waals surface area contributed by atoms with Crippen LogP contribution in [0.25, 0.3) is 0 Å². The van der Waals surface area contributed by atoms with Gasteiger partial charge in [0.15, 0.2) is 4.75 Å². The molecule has 3 aromatic rings. The highest BCUT2D eigenvalue weighted by Crippen LogP contribution is 2.52. The van der Waals surface area contributed by atoms with Gasteiger partial charge in [0.05, 0.1) is 5.02 Å². The molecule has 0 radical (unpaired) electrons. The van der Waals surface area contributed by atoms with Gasteiger partial charge in [-0.15, -0.1) is 0 Å². The second kappa shape index (κ2) is 7.87. The number of aromatic hydroxyl groups is 2. The van der Waals surface area contributed by atoms with E-state index >= 15 is 0 Å². The van der Waals surface area contributed by atoms with E-state index in [0.29, 0.717) is 5.02 Å². The maximum Gasteiger partial charge on any atom is 0.283 e. The predicted molar refractivity (Wildman–Crippen MR) is 114 cm³/mol. The van der Waals surface area contributed by atoms with Gasteiger partial charge >= 0.3 is 0 Å². The Hall–Kier alpha value is -1.67. The first-order valence-corrected chi connectivity index (χ1v) is 10.8. The highest BCUT2D eigenvalue weighted by atomic mass is 35.5. The minimum atomic E-state index is -5.12. The van der Waals surface area contributed by atoms with Crippen LogP contribution in [-0.4, -0.2) is 23.2 Å². The summed E-state index contributed by atoms with van der Waals surface area (Å²) in [6.07, 6.45) is 0. The molecule has 0 saturated carbocycles. The van der Waals surface area contributed by atoms with Crippen LogP contribution in [0.4, 0.5) is 0 Å². The lowest BCUT2D eigenvalue weighted by atomic mass is 9.83. The van der Waals surface area contributed by atoms with Crippen LogP contribution in [0.3, 0.4) is 0 Å². The number of phenols is 2. The second-order valence-electron chi connectivity index (χ2n) is 6.11. The minimum Gasteiger partial charge on any atom is -0.508 e. The number of hydrogen-bond donors (Lipinski definition) is 3. The van der Waals surface area contributed by atoms with E-state index in [1.807, 2.05) is 0 Å². The fourth-order valence-electron chi connectivity index (χ4n) is 3.23. The highest BCUT2D eigenvalue weighted by molar-refractivity contribution is 7.87. The monoisotopic (exact) mass is 492 g/mol. The first-order valence-electron chi connectivity index (χ1n) is 7.89. The van der Waals surface area contributed by atoms with Crippen LogP contribution in [0.15, 0.2) is 54.6 Å². The Bertz CT molecular complexity index is 1170. The molecule has 0 aliphatic carbocycles. The van der Waals surface area contributed by atoms with Gasteiger partial charge in [0.25, 0.3) is 10.1 Å². The molecule has 0 aliphatic rings. The Kier molecular flexibility index (Phi) is 5.98. The first-order chi connectivity index (χ1) is 13.5. The van der Waals surface area contributed by atoms with Gasteiger partial charge < -0.3 is 10.2 Å². The molecular weight excluding hydrogens is 482 g/mol. The van der Waals surface area contributed by atoms with Crippen LogP contribution in [0.2, 0.25) is 20.1 Å². The van der Waals surface area contributed by atoms with Crippen molar-refractivity contribution < 1.29 is 23.2 Å². The van der Waals surface area contributed by atoms with Crippen LogP contribution < -0.4 is 0 Å². The Labute approximate surface area is 186 Å². The molecule has 3 N–H and O–H groups in total. The zero-order valence-electron chi connectivity index (χ0n) is 14.3. The smallest absolute Gasteiger partial charge is 0.283 e. The van der Waals surface area contributed by atoms with E-state index in [2.05, 4.69) is 0 Å². The van der Waals surface area contributed by atoms with E-state index in [9.17, 15) is 23.2 Å². The quantitative estimate of drug-likeness (QED) is 0.311. The van der Waals surface area contributed by atoms with Gasteiger partial charge in [-0.05, 0) is 48.0 Å². The lowest BCUT2D eigenvalue weighted by molar-refractivity contribution is 0.439. The van der Waals surface area contributed by atoms with Gasteiger partial charge in [-0.1, -0.05) is 58.5 Å². The normalized spacial score (nSPS) is 13.8. The summed E-state index contributed by atoms with van der Waals surface area (Å²) in [4.78, 5) is 0. The van der Waals surface area contributed by atoms with E-state index < -0.39 is 20.6 Å². The molecule has 1 unspecified atom stereocenters. The molecular formula is C19H12Cl4O5S. The van der Waals surface area contributed by atoms with Gasteiger partial charge in [0.1, 0.15) is 11.5 Å². The average Bonchev–Trinajstić information content (AvgIpc) is 2.60. The van der Waals surface area contributed by atoms with E-state index in [1.54, 1.807) is 0 Å². The second-order valence-corrected chi connectivity index (χ2v) is 9.36. The largest absolute Gasteiger partial charge is 0.508 e. The molecule has 0 aliphatic heterocycles. The fraction of sp³-hybridized carbons (Fsp3) is 0.0526. The Morgan fingerprint density at radius 1 is 0.759 bits per heavy atom. The molecule has 0 saturated heterocycles. The number of benzene rings is 3. The molecule has 0 fully saturated rings. The number of hydrogen-bond acceptors (Lipinski definition) is 4. The first kappa shape index (κ1) is 22.0. The average molecular weight is 494 g/mol. The van der Waals surface area contributed by atoms with E-state index in [1.165, 1.54) is 42.5 Å².